The highest BCUT2D eigenvalue weighted by atomic mass is 32.2. The van der Waals surface area contributed by atoms with Crippen LogP contribution in [0, 0.1) is 6.92 Å². The van der Waals surface area contributed by atoms with Gasteiger partial charge in [-0.1, -0.05) is 0 Å². The number of imidazole rings is 1. The Morgan fingerprint density at radius 1 is 1.59 bits per heavy atom. The van der Waals surface area contributed by atoms with Gasteiger partial charge in [0.2, 0.25) is 5.95 Å². The molecule has 0 aliphatic rings. The van der Waals surface area contributed by atoms with Crippen molar-refractivity contribution in [1.29, 1.82) is 0 Å². The summed E-state index contributed by atoms with van der Waals surface area (Å²) in [6.07, 6.45) is 4.68. The predicted molar refractivity (Wildman–Crippen MR) is 70.9 cm³/mol. The number of nitrogens with one attached hydrogen (secondary N) is 1. The Balaban J connectivity index is 2.48. The lowest BCUT2D eigenvalue weighted by Crippen LogP contribution is -2.14. The Kier molecular flexibility index (Phi) is 6.21. The van der Waals surface area contributed by atoms with Gasteiger partial charge in [0.15, 0.2) is 0 Å². The van der Waals surface area contributed by atoms with Crippen LogP contribution < -0.4 is 5.32 Å². The molecular weight excluding hydrogens is 238 g/mol. The summed E-state index contributed by atoms with van der Waals surface area (Å²) in [5.74, 6) is 1.49. The fourth-order valence-electron chi connectivity index (χ4n) is 1.54. The maximum absolute atomic E-state index is 11.0. The van der Waals surface area contributed by atoms with E-state index < -0.39 is 10.8 Å². The van der Waals surface area contributed by atoms with Gasteiger partial charge in [-0.25, -0.2) is 4.98 Å². The van der Waals surface area contributed by atoms with E-state index >= 15 is 0 Å². The van der Waals surface area contributed by atoms with Gasteiger partial charge in [-0.3, -0.25) is 4.21 Å². The van der Waals surface area contributed by atoms with Crippen molar-refractivity contribution in [1.82, 2.24) is 9.55 Å². The van der Waals surface area contributed by atoms with Crippen LogP contribution in [0.4, 0.5) is 5.95 Å². The van der Waals surface area contributed by atoms with E-state index in [0.29, 0.717) is 12.3 Å². The number of aromatic nitrogens is 2. The molecule has 0 aromatic carbocycles. The van der Waals surface area contributed by atoms with Gasteiger partial charge in [-0.05, 0) is 13.3 Å². The third-order valence-corrected chi connectivity index (χ3v) is 3.10. The molecule has 1 heterocycles. The summed E-state index contributed by atoms with van der Waals surface area (Å²) in [4.78, 5) is 4.40. The predicted octanol–water partition coefficient (Wildman–Crippen LogP) is 1.02. The summed E-state index contributed by atoms with van der Waals surface area (Å²) in [5, 5.41) is 3.21. The smallest absolute Gasteiger partial charge is 0.203 e. The fraction of sp³-hybridized carbons (Fsp3) is 0.727. The molecule has 0 saturated carbocycles. The highest BCUT2D eigenvalue weighted by molar-refractivity contribution is 7.84. The van der Waals surface area contributed by atoms with E-state index in [1.165, 1.54) is 0 Å². The minimum absolute atomic E-state index is 0.643. The van der Waals surface area contributed by atoms with Crippen LogP contribution in [0.1, 0.15) is 12.1 Å². The Morgan fingerprint density at radius 3 is 3.00 bits per heavy atom. The highest BCUT2D eigenvalue weighted by Crippen LogP contribution is 2.09. The van der Waals surface area contributed by atoms with E-state index in [1.54, 1.807) is 13.4 Å². The maximum atomic E-state index is 11.0. The van der Waals surface area contributed by atoms with E-state index in [4.69, 9.17) is 4.74 Å². The minimum atomic E-state index is -0.765. The van der Waals surface area contributed by atoms with E-state index in [2.05, 4.69) is 14.9 Å². The molecule has 0 aliphatic heterocycles. The second-order valence-electron chi connectivity index (χ2n) is 3.95. The van der Waals surface area contributed by atoms with Gasteiger partial charge in [-0.2, -0.15) is 0 Å². The van der Waals surface area contributed by atoms with E-state index in [1.807, 2.05) is 13.1 Å². The maximum Gasteiger partial charge on any atom is 0.203 e. The van der Waals surface area contributed by atoms with Crippen molar-refractivity contribution in [3.8, 4) is 0 Å². The zero-order chi connectivity index (χ0) is 12.7. The molecule has 1 rings (SSSR count). The number of anilines is 1. The van der Waals surface area contributed by atoms with Crippen LogP contribution in [0.3, 0.4) is 0 Å². The van der Waals surface area contributed by atoms with Gasteiger partial charge >= 0.3 is 0 Å². The number of nitrogens with zero attached hydrogens (tertiary/aromatic N) is 2. The van der Waals surface area contributed by atoms with Crippen LogP contribution in [-0.2, 0) is 22.1 Å². The molecule has 1 aromatic heterocycles. The van der Waals surface area contributed by atoms with Crippen molar-refractivity contribution < 1.29 is 8.95 Å². The third kappa shape index (κ3) is 5.32. The van der Waals surface area contributed by atoms with Crippen molar-refractivity contribution in [2.75, 3.05) is 37.6 Å². The van der Waals surface area contributed by atoms with Gasteiger partial charge in [0, 0.05) is 55.8 Å². The average molecular weight is 259 g/mol. The Hall–Kier alpha value is -0.880. The Bertz CT molecular complexity index is 366. The van der Waals surface area contributed by atoms with Crippen molar-refractivity contribution in [3.63, 3.8) is 0 Å². The molecule has 17 heavy (non-hydrogen) atoms. The Morgan fingerprint density at radius 2 is 2.35 bits per heavy atom. The largest absolute Gasteiger partial charge is 0.385 e. The summed E-state index contributed by atoms with van der Waals surface area (Å²) in [6.45, 7) is 4.28. The van der Waals surface area contributed by atoms with Crippen molar-refractivity contribution in [3.05, 3.63) is 11.9 Å². The van der Waals surface area contributed by atoms with Crippen LogP contribution in [0.15, 0.2) is 6.20 Å². The van der Waals surface area contributed by atoms with Crippen LogP contribution >= 0.6 is 0 Å². The molecule has 0 fully saturated rings. The lowest BCUT2D eigenvalue weighted by atomic mass is 10.4. The van der Waals surface area contributed by atoms with Crippen molar-refractivity contribution in [2.24, 2.45) is 0 Å². The first kappa shape index (κ1) is 14.2. The molecule has 0 bridgehead atoms. The normalized spacial score (nSPS) is 12.6. The molecule has 98 valence electrons. The standard InChI is InChI=1S/C11H21N3O2S/c1-10-9-14(6-4-7-16-2)11(13-10)12-5-8-17(3)15/h9H,4-8H2,1-3H3,(H,12,13). The van der Waals surface area contributed by atoms with E-state index in [0.717, 1.165) is 31.2 Å². The molecule has 0 aliphatic carbocycles. The molecule has 0 amide bonds. The molecule has 1 unspecified atom stereocenters. The minimum Gasteiger partial charge on any atom is -0.385 e. The van der Waals surface area contributed by atoms with Gasteiger partial charge in [0.05, 0.1) is 5.69 Å². The zero-order valence-corrected chi connectivity index (χ0v) is 11.5. The number of rotatable bonds is 8. The molecule has 5 nitrogen and oxygen atoms in total. The monoisotopic (exact) mass is 259 g/mol. The van der Waals surface area contributed by atoms with Gasteiger partial charge < -0.3 is 14.6 Å². The third-order valence-electron chi connectivity index (χ3n) is 2.32. The molecule has 1 N–H and O–H groups in total. The first-order valence-corrected chi connectivity index (χ1v) is 7.43. The van der Waals surface area contributed by atoms with E-state index in [-0.39, 0.29) is 0 Å². The first-order chi connectivity index (χ1) is 8.13. The van der Waals surface area contributed by atoms with E-state index in [9.17, 15) is 4.21 Å². The summed E-state index contributed by atoms with van der Waals surface area (Å²) in [6, 6.07) is 0. The molecule has 6 heteroatoms. The van der Waals surface area contributed by atoms with Crippen molar-refractivity contribution >= 4 is 16.7 Å². The molecule has 0 radical (unpaired) electrons. The van der Waals surface area contributed by atoms with Crippen LogP contribution in [0.2, 0.25) is 0 Å². The quantitative estimate of drug-likeness (QED) is 0.708. The zero-order valence-electron chi connectivity index (χ0n) is 10.7. The van der Waals surface area contributed by atoms with Gasteiger partial charge in [0.1, 0.15) is 0 Å². The summed E-state index contributed by atoms with van der Waals surface area (Å²) in [5.41, 5.74) is 0.988. The van der Waals surface area contributed by atoms with Crippen LogP contribution in [0.5, 0.6) is 0 Å². The number of hydrogen-bond donors (Lipinski definition) is 1. The molecular formula is C11H21N3O2S. The fourth-order valence-corrected chi connectivity index (χ4v) is 1.93. The SMILES string of the molecule is COCCCn1cc(C)nc1NCCS(C)=O. The summed E-state index contributed by atoms with van der Waals surface area (Å²) < 4.78 is 18.1. The number of methoxy groups -OCH3 is 1. The van der Waals surface area contributed by atoms with Gasteiger partial charge in [0.25, 0.3) is 0 Å². The molecule has 1 atom stereocenters. The van der Waals surface area contributed by atoms with Crippen LogP contribution in [0.25, 0.3) is 0 Å². The number of ether oxygens (including phenoxy) is 1. The summed E-state index contributed by atoms with van der Waals surface area (Å²) >= 11 is 0. The molecule has 0 saturated heterocycles. The lowest BCUT2D eigenvalue weighted by molar-refractivity contribution is 0.190. The average Bonchev–Trinajstić information content (AvgIpc) is 2.59. The second-order valence-corrected chi connectivity index (χ2v) is 5.50. The van der Waals surface area contributed by atoms with Gasteiger partial charge in [-0.15, -0.1) is 0 Å². The molecule has 1 aromatic rings. The number of aryl methyl sites for hydroxylation is 2. The highest BCUT2D eigenvalue weighted by Gasteiger charge is 2.04. The first-order valence-electron chi connectivity index (χ1n) is 5.70. The van der Waals surface area contributed by atoms with Crippen molar-refractivity contribution in [2.45, 2.75) is 19.9 Å². The Labute approximate surface area is 105 Å². The van der Waals surface area contributed by atoms with Crippen LogP contribution in [-0.4, -0.2) is 46.0 Å². The topological polar surface area (TPSA) is 56.1 Å². The lowest BCUT2D eigenvalue weighted by Gasteiger charge is -2.08. The number of hydrogen-bond acceptors (Lipinski definition) is 4. The molecule has 0 spiro atoms. The second kappa shape index (κ2) is 7.45. The summed E-state index contributed by atoms with van der Waals surface area (Å²) in [7, 11) is 0.938.